The van der Waals surface area contributed by atoms with Gasteiger partial charge >= 0.3 is 0 Å². The van der Waals surface area contributed by atoms with Gasteiger partial charge in [0.25, 0.3) is 5.91 Å². The van der Waals surface area contributed by atoms with Gasteiger partial charge in [-0.1, -0.05) is 80.6 Å². The van der Waals surface area contributed by atoms with E-state index < -0.39 is 0 Å². The van der Waals surface area contributed by atoms with Crippen LogP contribution in [0.15, 0.2) is 78.2 Å². The Kier molecular flexibility index (Phi) is 11.0. The molecule has 2 nitrogen and oxygen atoms in total. The number of fused-ring (bicyclic) bond motifs is 1. The molecule has 0 spiro atoms. The summed E-state index contributed by atoms with van der Waals surface area (Å²) < 4.78 is 0. The zero-order valence-electron chi connectivity index (χ0n) is 17.6. The van der Waals surface area contributed by atoms with E-state index in [2.05, 4.69) is 51.3 Å². The van der Waals surface area contributed by atoms with Crippen molar-refractivity contribution >= 4 is 24.2 Å². The zero-order chi connectivity index (χ0) is 20.9. The Balaban J connectivity index is 0.000000363. The Morgan fingerprint density at radius 1 is 1.11 bits per heavy atom. The Hall–Kier alpha value is -2.26. The molecule has 0 bridgehead atoms. The van der Waals surface area contributed by atoms with Crippen molar-refractivity contribution in [2.24, 2.45) is 0 Å². The highest BCUT2D eigenvalue weighted by atomic mass is 32.1. The molecule has 1 aliphatic heterocycles. The van der Waals surface area contributed by atoms with Crippen LogP contribution in [0.25, 0.3) is 0 Å². The zero-order valence-corrected chi connectivity index (χ0v) is 18.5. The lowest BCUT2D eigenvalue weighted by molar-refractivity contribution is -0.114. The average molecular weight is 396 g/mol. The van der Waals surface area contributed by atoms with E-state index in [1.807, 2.05) is 55.1 Å². The molecule has 0 aromatic heterocycles. The van der Waals surface area contributed by atoms with Gasteiger partial charge in [0, 0.05) is 11.7 Å². The number of carbonyl (C=O) groups is 1. The molecular formula is C25H33NOS. The molecule has 0 fully saturated rings. The summed E-state index contributed by atoms with van der Waals surface area (Å²) in [6.07, 6.45) is 6.38. The summed E-state index contributed by atoms with van der Waals surface area (Å²) in [5.74, 6) is -0.0508. The number of benzene rings is 2. The largest absolute Gasteiger partial charge is 0.305 e. The van der Waals surface area contributed by atoms with Crippen molar-refractivity contribution in [1.29, 1.82) is 0 Å². The number of amides is 1. The third kappa shape index (κ3) is 7.05. The summed E-state index contributed by atoms with van der Waals surface area (Å²) in [5, 5.41) is 0. The quantitative estimate of drug-likeness (QED) is 0.338. The van der Waals surface area contributed by atoms with Crippen LogP contribution in [0.4, 0.5) is 5.69 Å². The number of rotatable bonds is 2. The van der Waals surface area contributed by atoms with Crippen LogP contribution in [0.1, 0.15) is 44.7 Å². The molecular weight excluding hydrogens is 362 g/mol. The molecule has 3 heteroatoms. The third-order valence-electron chi connectivity index (χ3n) is 4.41. The second-order valence-electron chi connectivity index (χ2n) is 6.49. The van der Waals surface area contributed by atoms with Gasteiger partial charge in [-0.3, -0.25) is 4.79 Å². The van der Waals surface area contributed by atoms with Crippen molar-refractivity contribution in [3.05, 3.63) is 89.4 Å². The van der Waals surface area contributed by atoms with E-state index in [-0.39, 0.29) is 11.9 Å². The summed E-state index contributed by atoms with van der Waals surface area (Å²) in [6.45, 7) is 11.8. The topological polar surface area (TPSA) is 20.3 Å². The molecule has 0 radical (unpaired) electrons. The van der Waals surface area contributed by atoms with E-state index in [9.17, 15) is 4.79 Å². The molecule has 1 aliphatic rings. The highest BCUT2D eigenvalue weighted by Gasteiger charge is 2.27. The summed E-state index contributed by atoms with van der Waals surface area (Å²) >= 11 is 4.28. The minimum atomic E-state index is -0.0508. The van der Waals surface area contributed by atoms with Gasteiger partial charge in [-0.15, -0.1) is 12.6 Å². The molecule has 0 unspecified atom stereocenters. The Morgan fingerprint density at radius 3 is 2.29 bits per heavy atom. The van der Waals surface area contributed by atoms with Crippen LogP contribution in [-0.4, -0.2) is 11.9 Å². The maximum Gasteiger partial charge on any atom is 0.264 e. The second-order valence-corrected chi connectivity index (χ2v) is 6.97. The first-order valence-electron chi connectivity index (χ1n) is 9.99. The number of carbonyl (C=O) groups excluding carboxylic acids is 1. The molecule has 0 saturated carbocycles. The fourth-order valence-corrected chi connectivity index (χ4v) is 3.28. The molecule has 2 aromatic rings. The van der Waals surface area contributed by atoms with E-state index in [1.165, 1.54) is 11.1 Å². The van der Waals surface area contributed by atoms with Crippen molar-refractivity contribution in [1.82, 2.24) is 0 Å². The summed E-state index contributed by atoms with van der Waals surface area (Å²) in [6, 6.07) is 18.6. The van der Waals surface area contributed by atoms with Gasteiger partial charge in [0.1, 0.15) is 0 Å². The van der Waals surface area contributed by atoms with E-state index in [4.69, 9.17) is 0 Å². The molecule has 1 atom stereocenters. The summed E-state index contributed by atoms with van der Waals surface area (Å²) in [4.78, 5) is 14.8. The number of hydrogen-bond donors (Lipinski definition) is 1. The van der Waals surface area contributed by atoms with Crippen molar-refractivity contribution < 1.29 is 4.79 Å². The van der Waals surface area contributed by atoms with Crippen LogP contribution in [0, 0.1) is 6.92 Å². The highest BCUT2D eigenvalue weighted by molar-refractivity contribution is 7.85. The van der Waals surface area contributed by atoms with E-state index in [0.717, 1.165) is 24.9 Å². The first-order valence-corrected chi connectivity index (χ1v) is 10.4. The van der Waals surface area contributed by atoms with Gasteiger partial charge in [0.2, 0.25) is 0 Å². The van der Waals surface area contributed by atoms with E-state index in [0.29, 0.717) is 4.91 Å². The fourth-order valence-electron chi connectivity index (χ4n) is 3.06. The SMILES string of the molecule is C=C/C=C(\S)C(=O)N1c2ccccc2CCC[C@H]1C.CC.Cc1ccccc1. The summed E-state index contributed by atoms with van der Waals surface area (Å²) in [5.41, 5.74) is 3.57. The Bertz CT molecular complexity index is 767. The molecule has 1 amide bonds. The van der Waals surface area contributed by atoms with Gasteiger partial charge in [0.15, 0.2) is 0 Å². The lowest BCUT2D eigenvalue weighted by atomic mass is 10.1. The highest BCUT2D eigenvalue weighted by Crippen LogP contribution is 2.31. The number of allylic oxidation sites excluding steroid dienone is 2. The normalized spacial score (nSPS) is 15.7. The third-order valence-corrected chi connectivity index (χ3v) is 4.75. The minimum absolute atomic E-state index is 0.0508. The van der Waals surface area contributed by atoms with Crippen LogP contribution in [0.5, 0.6) is 0 Å². The maximum atomic E-state index is 12.5. The standard InChI is InChI=1S/C16H19NOS.C7H8.C2H6/c1-3-7-15(19)16(18)17-12(2)8-6-10-13-9-4-5-11-14(13)17;1-7-5-3-2-4-6-7;1-2/h3-5,7,9,11-12,19H,1,6,8,10H2,2H3;2-6H,1H3;1-2H3/b15-7-;;/t12-;;/m1../s1. The van der Waals surface area contributed by atoms with Crippen molar-refractivity contribution in [2.45, 2.75) is 53.0 Å². The monoisotopic (exact) mass is 395 g/mol. The summed E-state index contributed by atoms with van der Waals surface area (Å²) in [7, 11) is 0. The number of nitrogens with zero attached hydrogens (tertiary/aromatic N) is 1. The predicted octanol–water partition coefficient (Wildman–Crippen LogP) is 6.77. The van der Waals surface area contributed by atoms with Crippen molar-refractivity contribution in [3.8, 4) is 0 Å². The number of hydrogen-bond acceptors (Lipinski definition) is 2. The van der Waals surface area contributed by atoms with Gasteiger partial charge in [-0.25, -0.2) is 0 Å². The van der Waals surface area contributed by atoms with E-state index >= 15 is 0 Å². The Labute approximate surface area is 176 Å². The van der Waals surface area contributed by atoms with Gasteiger partial charge in [-0.2, -0.15) is 0 Å². The van der Waals surface area contributed by atoms with Crippen LogP contribution in [-0.2, 0) is 11.2 Å². The molecule has 2 aromatic carbocycles. The molecule has 3 rings (SSSR count). The van der Waals surface area contributed by atoms with Gasteiger partial charge in [0.05, 0.1) is 4.91 Å². The van der Waals surface area contributed by atoms with Crippen LogP contribution in [0.2, 0.25) is 0 Å². The van der Waals surface area contributed by atoms with E-state index in [1.54, 1.807) is 12.2 Å². The lowest BCUT2D eigenvalue weighted by Crippen LogP contribution is -2.38. The maximum absolute atomic E-state index is 12.5. The first-order chi connectivity index (χ1) is 13.5. The Morgan fingerprint density at radius 2 is 1.71 bits per heavy atom. The molecule has 0 N–H and O–H groups in total. The van der Waals surface area contributed by atoms with Crippen molar-refractivity contribution in [3.63, 3.8) is 0 Å². The average Bonchev–Trinajstić information content (AvgIpc) is 2.88. The smallest absolute Gasteiger partial charge is 0.264 e. The molecule has 0 saturated heterocycles. The van der Waals surface area contributed by atoms with Gasteiger partial charge < -0.3 is 4.90 Å². The number of aryl methyl sites for hydroxylation is 2. The molecule has 28 heavy (non-hydrogen) atoms. The van der Waals surface area contributed by atoms with Gasteiger partial charge in [-0.05, 0) is 50.8 Å². The number of anilines is 1. The number of thiol groups is 1. The van der Waals surface area contributed by atoms with Crippen LogP contribution in [0.3, 0.4) is 0 Å². The molecule has 1 heterocycles. The van der Waals surface area contributed by atoms with Crippen LogP contribution < -0.4 is 4.90 Å². The molecule has 150 valence electrons. The van der Waals surface area contributed by atoms with Crippen LogP contribution >= 0.6 is 12.6 Å². The first kappa shape index (κ1) is 23.8. The lowest BCUT2D eigenvalue weighted by Gasteiger charge is -2.28. The predicted molar refractivity (Wildman–Crippen MR) is 126 cm³/mol. The van der Waals surface area contributed by atoms with Crippen molar-refractivity contribution in [2.75, 3.05) is 4.90 Å². The number of para-hydroxylation sites is 1. The minimum Gasteiger partial charge on any atom is -0.305 e. The second kappa shape index (κ2) is 13.0. The molecule has 0 aliphatic carbocycles. The fraction of sp³-hybridized carbons (Fsp3) is 0.320.